The Morgan fingerprint density at radius 1 is 1.05 bits per heavy atom. The zero-order valence-electron chi connectivity index (χ0n) is 26.2. The lowest BCUT2D eigenvalue weighted by atomic mass is 9.42. The Balaban J connectivity index is 1.34. The molecule has 4 heteroatoms. The predicted molar refractivity (Wildman–Crippen MR) is 164 cm³/mol. The number of terminal acetylenes is 1. The third-order valence-corrected chi connectivity index (χ3v) is 13.1. The molecule has 40 heavy (non-hydrogen) atoms. The number of aryl methyl sites for hydroxylation is 1. The van der Waals surface area contributed by atoms with Gasteiger partial charge in [-0.25, -0.2) is 4.98 Å². The summed E-state index contributed by atoms with van der Waals surface area (Å²) < 4.78 is 0. The normalized spacial score (nSPS) is 39.6. The van der Waals surface area contributed by atoms with Gasteiger partial charge in [0.2, 0.25) is 0 Å². The molecular formula is C36H57N3O. The Labute approximate surface area is 245 Å². The molecule has 0 aliphatic heterocycles. The molecule has 0 bridgehead atoms. The summed E-state index contributed by atoms with van der Waals surface area (Å²) in [5.41, 5.74) is 2.18. The number of carbonyl (C=O) groups is 1. The molecule has 2 N–H and O–H groups in total. The van der Waals surface area contributed by atoms with Crippen molar-refractivity contribution in [2.75, 3.05) is 0 Å². The minimum Gasteiger partial charge on any atom is -0.348 e. The second-order valence-corrected chi connectivity index (χ2v) is 15.6. The minimum atomic E-state index is -0.231. The fourth-order valence-corrected chi connectivity index (χ4v) is 11.2. The van der Waals surface area contributed by atoms with Crippen molar-refractivity contribution in [3.8, 4) is 12.3 Å². The molecule has 222 valence electrons. The summed E-state index contributed by atoms with van der Waals surface area (Å²) >= 11 is 0. The van der Waals surface area contributed by atoms with Crippen LogP contribution in [0.4, 0.5) is 0 Å². The van der Waals surface area contributed by atoms with E-state index in [1.807, 2.05) is 6.20 Å². The van der Waals surface area contributed by atoms with Crippen molar-refractivity contribution in [3.63, 3.8) is 0 Å². The quantitative estimate of drug-likeness (QED) is 0.290. The van der Waals surface area contributed by atoms with Crippen LogP contribution in [-0.2, 0) is 11.2 Å². The van der Waals surface area contributed by atoms with E-state index in [1.54, 1.807) is 6.33 Å². The number of H-pyrrole nitrogens is 1. The minimum absolute atomic E-state index is 0.231. The Morgan fingerprint density at radius 2 is 1.82 bits per heavy atom. The number of aromatic amines is 1. The van der Waals surface area contributed by atoms with Gasteiger partial charge in [-0.2, -0.15) is 0 Å². The van der Waals surface area contributed by atoms with Crippen LogP contribution in [0.3, 0.4) is 0 Å². The largest absolute Gasteiger partial charge is 0.348 e. The van der Waals surface area contributed by atoms with E-state index >= 15 is 0 Å². The van der Waals surface area contributed by atoms with Gasteiger partial charge in [-0.05, 0) is 135 Å². The first-order chi connectivity index (χ1) is 19.2. The molecule has 4 fully saturated rings. The van der Waals surface area contributed by atoms with E-state index < -0.39 is 0 Å². The fourth-order valence-electron chi connectivity index (χ4n) is 11.2. The van der Waals surface area contributed by atoms with Crippen molar-refractivity contribution in [2.45, 2.75) is 131 Å². The first kappa shape index (κ1) is 29.7. The predicted octanol–water partition coefficient (Wildman–Crippen LogP) is 8.20. The van der Waals surface area contributed by atoms with Crippen molar-refractivity contribution in [3.05, 3.63) is 18.2 Å². The Hall–Kier alpha value is -1.76. The van der Waals surface area contributed by atoms with Gasteiger partial charge in [-0.3, -0.25) is 4.79 Å². The number of amides is 1. The van der Waals surface area contributed by atoms with Crippen molar-refractivity contribution < 1.29 is 4.79 Å². The van der Waals surface area contributed by atoms with Crippen molar-refractivity contribution >= 4 is 5.91 Å². The van der Waals surface area contributed by atoms with Gasteiger partial charge in [-0.15, -0.1) is 6.42 Å². The fraction of sp³-hybridized carbons (Fsp3) is 0.833. The number of nitrogens with zero attached hydrogens (tertiary/aromatic N) is 1. The molecule has 1 aromatic rings. The molecule has 7 unspecified atom stereocenters. The molecule has 0 saturated heterocycles. The summed E-state index contributed by atoms with van der Waals surface area (Å²) in [6, 6.07) is 0.240. The molecule has 0 spiro atoms. The van der Waals surface area contributed by atoms with Crippen LogP contribution in [0.15, 0.2) is 12.5 Å². The second kappa shape index (κ2) is 12.2. The Morgan fingerprint density at radius 3 is 2.55 bits per heavy atom. The number of hydrogen-bond donors (Lipinski definition) is 2. The van der Waals surface area contributed by atoms with Crippen molar-refractivity contribution in [2.24, 2.45) is 58.2 Å². The van der Waals surface area contributed by atoms with E-state index in [4.69, 9.17) is 6.42 Å². The van der Waals surface area contributed by atoms with E-state index in [2.05, 4.69) is 55.8 Å². The first-order valence-electron chi connectivity index (χ1n) is 16.9. The van der Waals surface area contributed by atoms with Crippen LogP contribution < -0.4 is 5.32 Å². The summed E-state index contributed by atoms with van der Waals surface area (Å²) in [6.07, 6.45) is 27.6. The highest BCUT2D eigenvalue weighted by Gasteiger charge is 2.62. The van der Waals surface area contributed by atoms with Crippen molar-refractivity contribution in [1.82, 2.24) is 15.3 Å². The molecule has 0 radical (unpaired) electrons. The second-order valence-electron chi connectivity index (χ2n) is 15.6. The molecule has 4 nitrogen and oxygen atoms in total. The summed E-state index contributed by atoms with van der Waals surface area (Å²) in [4.78, 5) is 19.7. The summed E-state index contributed by atoms with van der Waals surface area (Å²) in [6.45, 7) is 12.7. The maximum Gasteiger partial charge on any atom is 0.295 e. The van der Waals surface area contributed by atoms with Gasteiger partial charge in [0.05, 0.1) is 6.33 Å². The van der Waals surface area contributed by atoms with Crippen LogP contribution in [0.2, 0.25) is 0 Å². The lowest BCUT2D eigenvalue weighted by molar-refractivity contribution is -0.144. The van der Waals surface area contributed by atoms with Crippen LogP contribution in [-0.4, -0.2) is 21.9 Å². The van der Waals surface area contributed by atoms with Crippen LogP contribution in [0.5, 0.6) is 0 Å². The van der Waals surface area contributed by atoms with E-state index in [9.17, 15) is 4.79 Å². The van der Waals surface area contributed by atoms with Crippen LogP contribution in [0.25, 0.3) is 0 Å². The average Bonchev–Trinajstić information content (AvgIpc) is 3.56. The van der Waals surface area contributed by atoms with Crippen LogP contribution >= 0.6 is 0 Å². The molecule has 4 aliphatic carbocycles. The molecule has 1 heterocycles. The van der Waals surface area contributed by atoms with Crippen LogP contribution in [0.1, 0.15) is 124 Å². The number of rotatable bonds is 10. The van der Waals surface area contributed by atoms with Gasteiger partial charge in [-0.1, -0.05) is 53.9 Å². The maximum absolute atomic E-state index is 12.1. The molecular weight excluding hydrogens is 490 g/mol. The number of carbonyl (C=O) groups excluding carboxylic acids is 1. The number of hydrogen-bond acceptors (Lipinski definition) is 2. The molecule has 10 atom stereocenters. The number of fused-ring (bicyclic) bond motifs is 5. The Kier molecular flexibility index (Phi) is 9.09. The van der Waals surface area contributed by atoms with Crippen molar-refractivity contribution in [1.29, 1.82) is 0 Å². The van der Waals surface area contributed by atoms with Gasteiger partial charge >= 0.3 is 0 Å². The first-order valence-corrected chi connectivity index (χ1v) is 16.9. The zero-order valence-corrected chi connectivity index (χ0v) is 26.2. The van der Waals surface area contributed by atoms with Gasteiger partial charge < -0.3 is 10.3 Å². The maximum atomic E-state index is 12.1. The van der Waals surface area contributed by atoms with Gasteiger partial charge in [0.1, 0.15) is 0 Å². The molecule has 0 aromatic carbocycles. The number of nitrogens with one attached hydrogen (secondary N) is 2. The topological polar surface area (TPSA) is 57.8 Å². The highest BCUT2D eigenvalue weighted by Crippen LogP contribution is 2.69. The van der Waals surface area contributed by atoms with E-state index in [-0.39, 0.29) is 11.9 Å². The lowest BCUT2D eigenvalue weighted by Crippen LogP contribution is -2.58. The smallest absolute Gasteiger partial charge is 0.295 e. The summed E-state index contributed by atoms with van der Waals surface area (Å²) in [7, 11) is 0. The molecule has 5 rings (SSSR count). The third kappa shape index (κ3) is 5.78. The molecule has 1 amide bonds. The van der Waals surface area contributed by atoms with Gasteiger partial charge in [0.15, 0.2) is 0 Å². The van der Waals surface area contributed by atoms with E-state index in [0.29, 0.717) is 16.7 Å². The van der Waals surface area contributed by atoms with E-state index in [1.165, 1.54) is 76.3 Å². The Bertz CT molecular complexity index is 1030. The molecule has 4 aliphatic rings. The molecule has 1 aromatic heterocycles. The highest BCUT2D eigenvalue weighted by atomic mass is 16.1. The number of aromatic nitrogens is 2. The lowest BCUT2D eigenvalue weighted by Gasteiger charge is -2.63. The third-order valence-electron chi connectivity index (χ3n) is 13.1. The van der Waals surface area contributed by atoms with Gasteiger partial charge in [0.25, 0.3) is 5.91 Å². The molecule has 4 saturated carbocycles. The SMILES string of the molecule is C#CC(=O)NC1CCC2(C)C3CC[C@@]4(C)C(CC[C@@H]4C(C)CCCC(C)C)C3C[C@@H](CCCc3cnc[nH]3)C2C1. The standard InChI is InChI=1S/C36H57N3O/c1-7-34(40)39-27-16-18-36(6)32-17-19-35(5)30(25(4)11-8-10-24(2)3)14-15-31(35)29(32)20-26(33(36)21-27)12-9-13-28-22-37-23-38-28/h1,22-27,29-33H,8-21H2,2-6H3,(H,37,38)(H,39,40)/t25?,26-,27?,29?,30-,31?,32?,33?,35-,36?/m1/s1. The highest BCUT2D eigenvalue weighted by molar-refractivity contribution is 5.93. The van der Waals surface area contributed by atoms with Gasteiger partial charge in [0, 0.05) is 17.9 Å². The summed E-state index contributed by atoms with van der Waals surface area (Å²) in [5, 5.41) is 3.19. The van der Waals surface area contributed by atoms with Crippen LogP contribution in [0, 0.1) is 70.5 Å². The summed E-state index contributed by atoms with van der Waals surface area (Å²) in [5.74, 6) is 8.71. The average molecular weight is 548 g/mol. The number of imidazole rings is 1. The van der Waals surface area contributed by atoms with E-state index in [0.717, 1.165) is 60.7 Å². The monoisotopic (exact) mass is 547 g/mol. The zero-order chi connectivity index (χ0) is 28.5.